The molecule has 0 spiro atoms. The molecule has 0 aromatic heterocycles. The second-order valence-electron chi connectivity index (χ2n) is 6.55. The Labute approximate surface area is 160 Å². The first-order valence-corrected chi connectivity index (χ1v) is 9.06. The van der Waals surface area contributed by atoms with E-state index < -0.39 is 12.2 Å². The molecule has 0 heterocycles. The first-order valence-electron chi connectivity index (χ1n) is 9.06. The predicted molar refractivity (Wildman–Crippen MR) is 111 cm³/mol. The van der Waals surface area contributed by atoms with E-state index in [4.69, 9.17) is 0 Å². The van der Waals surface area contributed by atoms with Gasteiger partial charge in [-0.3, -0.25) is 0 Å². The minimum absolute atomic E-state index is 0.377. The molecule has 27 heavy (non-hydrogen) atoms. The molecule has 3 aromatic carbocycles. The Balaban J connectivity index is 1.90. The van der Waals surface area contributed by atoms with Crippen molar-refractivity contribution in [1.82, 2.24) is 0 Å². The summed E-state index contributed by atoms with van der Waals surface area (Å²) in [6.45, 7) is 4.14. The molecule has 0 radical (unpaired) electrons. The van der Waals surface area contributed by atoms with Crippen LogP contribution in [0.3, 0.4) is 0 Å². The van der Waals surface area contributed by atoms with Gasteiger partial charge in [0.15, 0.2) is 0 Å². The summed E-state index contributed by atoms with van der Waals surface area (Å²) in [6, 6.07) is 28.9. The first-order chi connectivity index (χ1) is 13.1. The third kappa shape index (κ3) is 5.04. The molecule has 3 rings (SSSR count). The fourth-order valence-corrected chi connectivity index (χ4v) is 3.05. The summed E-state index contributed by atoms with van der Waals surface area (Å²) in [7, 11) is 0. The van der Waals surface area contributed by atoms with Crippen LogP contribution in [0.15, 0.2) is 109 Å². The molecular weight excluding hydrogens is 332 g/mol. The number of aliphatic hydroxyl groups excluding tert-OH is 2. The van der Waals surface area contributed by atoms with Crippen LogP contribution < -0.4 is 0 Å². The standard InChI is InChI=1S/C25H24O2/c1-19(25(27)22-15-9-4-10-16-22)23(17-20-11-5-2-6-12-20)18-24(26)21-13-7-3-8-14-21/h2-17,24-27H,1,18H2/b23-17-/t24-,25-/m0/s1. The molecule has 3 aromatic rings. The molecule has 2 heteroatoms. The fourth-order valence-electron chi connectivity index (χ4n) is 3.05. The summed E-state index contributed by atoms with van der Waals surface area (Å²) < 4.78 is 0. The van der Waals surface area contributed by atoms with Crippen LogP contribution in [0.1, 0.15) is 35.3 Å². The van der Waals surface area contributed by atoms with Crippen molar-refractivity contribution in [2.24, 2.45) is 0 Å². The molecule has 2 nitrogen and oxygen atoms in total. The second kappa shape index (κ2) is 9.13. The van der Waals surface area contributed by atoms with Crippen LogP contribution in [0.4, 0.5) is 0 Å². The van der Waals surface area contributed by atoms with Crippen molar-refractivity contribution in [3.63, 3.8) is 0 Å². The highest BCUT2D eigenvalue weighted by Gasteiger charge is 2.19. The highest BCUT2D eigenvalue weighted by atomic mass is 16.3. The molecule has 0 fully saturated rings. The van der Waals surface area contributed by atoms with Crippen molar-refractivity contribution in [3.8, 4) is 0 Å². The summed E-state index contributed by atoms with van der Waals surface area (Å²) in [6.07, 6.45) is 0.882. The fraction of sp³-hybridized carbons (Fsp3) is 0.120. The maximum atomic E-state index is 10.8. The third-order valence-electron chi connectivity index (χ3n) is 4.60. The Morgan fingerprint density at radius 2 is 1.22 bits per heavy atom. The monoisotopic (exact) mass is 356 g/mol. The van der Waals surface area contributed by atoms with E-state index in [1.54, 1.807) is 0 Å². The maximum Gasteiger partial charge on any atom is 0.104 e. The Morgan fingerprint density at radius 3 is 1.78 bits per heavy atom. The van der Waals surface area contributed by atoms with Gasteiger partial charge in [0.2, 0.25) is 0 Å². The van der Waals surface area contributed by atoms with Gasteiger partial charge < -0.3 is 10.2 Å². The quantitative estimate of drug-likeness (QED) is 0.550. The summed E-state index contributed by atoms with van der Waals surface area (Å²) in [4.78, 5) is 0. The van der Waals surface area contributed by atoms with Gasteiger partial charge in [0.25, 0.3) is 0 Å². The van der Waals surface area contributed by atoms with E-state index in [1.807, 2.05) is 97.1 Å². The Morgan fingerprint density at radius 1 is 0.741 bits per heavy atom. The van der Waals surface area contributed by atoms with E-state index in [0.717, 1.165) is 22.3 Å². The minimum atomic E-state index is -0.816. The van der Waals surface area contributed by atoms with E-state index in [0.29, 0.717) is 12.0 Å². The van der Waals surface area contributed by atoms with Gasteiger partial charge in [0.1, 0.15) is 6.10 Å². The van der Waals surface area contributed by atoms with Gasteiger partial charge in [-0.2, -0.15) is 0 Å². The van der Waals surface area contributed by atoms with Gasteiger partial charge in [-0.25, -0.2) is 0 Å². The van der Waals surface area contributed by atoms with Crippen LogP contribution in [0.5, 0.6) is 0 Å². The second-order valence-corrected chi connectivity index (χ2v) is 6.55. The normalized spacial score (nSPS) is 13.8. The highest BCUT2D eigenvalue weighted by Crippen LogP contribution is 2.33. The summed E-state index contributed by atoms with van der Waals surface area (Å²) in [5.74, 6) is 0. The summed E-state index contributed by atoms with van der Waals surface area (Å²) in [5.41, 5.74) is 4.07. The zero-order valence-corrected chi connectivity index (χ0v) is 15.2. The molecule has 2 atom stereocenters. The minimum Gasteiger partial charge on any atom is -0.388 e. The maximum absolute atomic E-state index is 10.8. The lowest BCUT2D eigenvalue weighted by Crippen LogP contribution is -2.07. The zero-order chi connectivity index (χ0) is 19.1. The highest BCUT2D eigenvalue weighted by molar-refractivity contribution is 5.59. The molecule has 2 N–H and O–H groups in total. The number of hydrogen-bond acceptors (Lipinski definition) is 2. The number of rotatable bonds is 7. The van der Waals surface area contributed by atoms with Crippen LogP contribution >= 0.6 is 0 Å². The molecule has 0 saturated heterocycles. The molecule has 0 aliphatic carbocycles. The van der Waals surface area contributed by atoms with Gasteiger partial charge in [-0.05, 0) is 27.8 Å². The smallest absolute Gasteiger partial charge is 0.104 e. The van der Waals surface area contributed by atoms with Gasteiger partial charge in [0, 0.05) is 6.42 Å². The van der Waals surface area contributed by atoms with Crippen molar-refractivity contribution < 1.29 is 10.2 Å². The average Bonchev–Trinajstić information content (AvgIpc) is 2.74. The molecule has 0 aliphatic rings. The largest absolute Gasteiger partial charge is 0.388 e. The van der Waals surface area contributed by atoms with E-state index in [1.165, 1.54) is 0 Å². The Hall–Kier alpha value is -2.94. The first kappa shape index (κ1) is 18.8. The van der Waals surface area contributed by atoms with E-state index in [9.17, 15) is 10.2 Å². The van der Waals surface area contributed by atoms with Crippen molar-refractivity contribution in [2.45, 2.75) is 18.6 Å². The molecule has 0 saturated carbocycles. The van der Waals surface area contributed by atoms with Crippen LogP contribution in [0.2, 0.25) is 0 Å². The molecular formula is C25H24O2. The van der Waals surface area contributed by atoms with Gasteiger partial charge >= 0.3 is 0 Å². The molecule has 0 unspecified atom stereocenters. The van der Waals surface area contributed by atoms with Gasteiger partial charge in [-0.15, -0.1) is 0 Å². The predicted octanol–water partition coefficient (Wildman–Crippen LogP) is 5.48. The third-order valence-corrected chi connectivity index (χ3v) is 4.60. The lowest BCUT2D eigenvalue weighted by molar-refractivity contribution is 0.175. The Bertz CT molecular complexity index is 883. The SMILES string of the molecule is C=C(/C(=C\c1ccccc1)C[C@H](O)c1ccccc1)[C@H](O)c1ccccc1. The van der Waals surface area contributed by atoms with Gasteiger partial charge in [-0.1, -0.05) is 104 Å². The summed E-state index contributed by atoms with van der Waals surface area (Å²) in [5, 5.41) is 21.5. The molecule has 0 bridgehead atoms. The van der Waals surface area contributed by atoms with Crippen molar-refractivity contribution >= 4 is 6.08 Å². The molecule has 0 amide bonds. The lowest BCUT2D eigenvalue weighted by atomic mass is 9.90. The molecule has 136 valence electrons. The van der Waals surface area contributed by atoms with E-state index in [-0.39, 0.29) is 0 Å². The Kier molecular flexibility index (Phi) is 6.37. The van der Waals surface area contributed by atoms with Crippen LogP contribution in [-0.4, -0.2) is 10.2 Å². The molecule has 0 aliphatic heterocycles. The zero-order valence-electron chi connectivity index (χ0n) is 15.2. The average molecular weight is 356 g/mol. The number of hydrogen-bond donors (Lipinski definition) is 2. The van der Waals surface area contributed by atoms with Gasteiger partial charge in [0.05, 0.1) is 6.10 Å². The topological polar surface area (TPSA) is 40.5 Å². The lowest BCUT2D eigenvalue weighted by Gasteiger charge is -2.20. The van der Waals surface area contributed by atoms with E-state index >= 15 is 0 Å². The van der Waals surface area contributed by atoms with Crippen molar-refractivity contribution in [1.29, 1.82) is 0 Å². The van der Waals surface area contributed by atoms with Crippen LogP contribution in [0, 0.1) is 0 Å². The summed E-state index contributed by atoms with van der Waals surface area (Å²) >= 11 is 0. The number of benzene rings is 3. The van der Waals surface area contributed by atoms with Crippen LogP contribution in [-0.2, 0) is 0 Å². The van der Waals surface area contributed by atoms with E-state index in [2.05, 4.69) is 6.58 Å². The van der Waals surface area contributed by atoms with Crippen molar-refractivity contribution in [2.75, 3.05) is 0 Å². The van der Waals surface area contributed by atoms with Crippen LogP contribution in [0.25, 0.3) is 6.08 Å². The van der Waals surface area contributed by atoms with Crippen molar-refractivity contribution in [3.05, 3.63) is 125 Å². The number of aliphatic hydroxyl groups is 2.